The smallest absolute Gasteiger partial charge is 0.151 e. The molecule has 6 heteroatoms. The maximum Gasteiger partial charge on any atom is 0.151 e. The Bertz CT molecular complexity index is 937. The zero-order chi connectivity index (χ0) is 18.1. The fourth-order valence-corrected chi connectivity index (χ4v) is 5.01. The van der Waals surface area contributed by atoms with Crippen LogP contribution in [-0.2, 0) is 19.4 Å². The van der Waals surface area contributed by atoms with E-state index in [0.717, 1.165) is 40.3 Å². The standard InChI is InChI=1S/C20H24N4OS/c1-24(14-9-6-7-10-15(14)25-2)12-17-22-19(21)18-13-8-4-3-5-11-16(13)26-20(18)23-17/h6-7,9-10H,3-5,8,11-12H2,1-2H3,(H2,21,22,23). The highest BCUT2D eigenvalue weighted by molar-refractivity contribution is 7.19. The average molecular weight is 369 g/mol. The first kappa shape index (κ1) is 17.1. The van der Waals surface area contributed by atoms with Crippen molar-refractivity contribution in [2.75, 3.05) is 24.8 Å². The van der Waals surface area contributed by atoms with Gasteiger partial charge in [0, 0.05) is 11.9 Å². The number of nitrogens with two attached hydrogens (primary N) is 1. The molecule has 0 radical (unpaired) electrons. The van der Waals surface area contributed by atoms with Gasteiger partial charge >= 0.3 is 0 Å². The van der Waals surface area contributed by atoms with Crippen LogP contribution in [0.2, 0.25) is 0 Å². The van der Waals surface area contributed by atoms with Crippen LogP contribution in [-0.4, -0.2) is 24.1 Å². The molecule has 4 rings (SSSR count). The van der Waals surface area contributed by atoms with Gasteiger partial charge in [-0.25, -0.2) is 9.97 Å². The summed E-state index contributed by atoms with van der Waals surface area (Å²) in [5.41, 5.74) is 8.77. The molecule has 0 unspecified atom stereocenters. The van der Waals surface area contributed by atoms with E-state index in [1.807, 2.05) is 31.3 Å². The molecule has 1 aliphatic carbocycles. The molecule has 1 aliphatic rings. The summed E-state index contributed by atoms with van der Waals surface area (Å²) in [6.45, 7) is 0.586. The van der Waals surface area contributed by atoms with Crippen LogP contribution in [0.25, 0.3) is 10.2 Å². The van der Waals surface area contributed by atoms with Gasteiger partial charge in [0.25, 0.3) is 0 Å². The van der Waals surface area contributed by atoms with Crippen molar-refractivity contribution in [1.82, 2.24) is 9.97 Å². The predicted molar refractivity (Wildman–Crippen MR) is 108 cm³/mol. The predicted octanol–water partition coefficient (Wildman–Crippen LogP) is 4.19. The van der Waals surface area contributed by atoms with Crippen LogP contribution in [0.3, 0.4) is 0 Å². The Morgan fingerprint density at radius 2 is 1.96 bits per heavy atom. The lowest BCUT2D eigenvalue weighted by atomic mass is 10.1. The lowest BCUT2D eigenvalue weighted by Crippen LogP contribution is -2.19. The number of nitrogen functional groups attached to an aromatic ring is 1. The fraction of sp³-hybridized carbons (Fsp3) is 0.400. The van der Waals surface area contributed by atoms with Crippen molar-refractivity contribution < 1.29 is 4.74 Å². The van der Waals surface area contributed by atoms with Crippen molar-refractivity contribution in [3.63, 3.8) is 0 Å². The summed E-state index contributed by atoms with van der Waals surface area (Å²) in [5, 5.41) is 1.09. The molecule has 0 atom stereocenters. The van der Waals surface area contributed by atoms with Crippen LogP contribution in [0, 0.1) is 0 Å². The van der Waals surface area contributed by atoms with E-state index in [2.05, 4.69) is 9.88 Å². The summed E-state index contributed by atoms with van der Waals surface area (Å²) in [5.74, 6) is 2.21. The van der Waals surface area contributed by atoms with E-state index in [4.69, 9.17) is 15.5 Å². The highest BCUT2D eigenvalue weighted by atomic mass is 32.1. The van der Waals surface area contributed by atoms with E-state index in [0.29, 0.717) is 12.4 Å². The summed E-state index contributed by atoms with van der Waals surface area (Å²) >= 11 is 1.80. The van der Waals surface area contributed by atoms with Crippen molar-refractivity contribution in [3.8, 4) is 5.75 Å². The van der Waals surface area contributed by atoms with E-state index in [-0.39, 0.29) is 0 Å². The van der Waals surface area contributed by atoms with Gasteiger partial charge in [0.15, 0.2) is 5.82 Å². The lowest BCUT2D eigenvalue weighted by Gasteiger charge is -2.21. The Kier molecular flexibility index (Phi) is 4.68. The van der Waals surface area contributed by atoms with E-state index < -0.39 is 0 Å². The average Bonchev–Trinajstić information content (AvgIpc) is 2.83. The van der Waals surface area contributed by atoms with Gasteiger partial charge in [0.2, 0.25) is 0 Å². The molecule has 0 fully saturated rings. The summed E-state index contributed by atoms with van der Waals surface area (Å²) in [6, 6.07) is 7.97. The molecule has 0 aliphatic heterocycles. The maximum atomic E-state index is 6.36. The zero-order valence-electron chi connectivity index (χ0n) is 15.3. The maximum absolute atomic E-state index is 6.36. The highest BCUT2D eigenvalue weighted by Crippen LogP contribution is 2.37. The molecular formula is C20H24N4OS. The van der Waals surface area contributed by atoms with Gasteiger partial charge in [-0.2, -0.15) is 0 Å². The fourth-order valence-electron chi connectivity index (χ4n) is 3.72. The molecule has 0 bridgehead atoms. The minimum atomic E-state index is 0.586. The van der Waals surface area contributed by atoms with Crippen LogP contribution in [0.4, 0.5) is 11.5 Å². The molecule has 26 heavy (non-hydrogen) atoms. The molecule has 2 N–H and O–H groups in total. The van der Waals surface area contributed by atoms with Crippen LogP contribution >= 0.6 is 11.3 Å². The Labute approximate surface area is 157 Å². The van der Waals surface area contributed by atoms with Gasteiger partial charge in [-0.3, -0.25) is 0 Å². The Balaban J connectivity index is 1.67. The zero-order valence-corrected chi connectivity index (χ0v) is 16.1. The Morgan fingerprint density at radius 3 is 2.81 bits per heavy atom. The number of fused-ring (bicyclic) bond motifs is 3. The number of methoxy groups -OCH3 is 1. The number of ether oxygens (including phenoxy) is 1. The number of anilines is 2. The van der Waals surface area contributed by atoms with Gasteiger partial charge in [0.05, 0.1) is 24.7 Å². The summed E-state index contributed by atoms with van der Waals surface area (Å²) in [7, 11) is 3.71. The Morgan fingerprint density at radius 1 is 1.15 bits per heavy atom. The van der Waals surface area contributed by atoms with Gasteiger partial charge in [-0.1, -0.05) is 18.6 Å². The van der Waals surface area contributed by atoms with E-state index in [9.17, 15) is 0 Å². The molecule has 3 aromatic rings. The number of para-hydroxylation sites is 2. The largest absolute Gasteiger partial charge is 0.495 e. The molecule has 0 amide bonds. The first-order chi connectivity index (χ1) is 12.7. The monoisotopic (exact) mass is 368 g/mol. The normalized spacial score (nSPS) is 14.1. The second-order valence-corrected chi connectivity index (χ2v) is 7.88. The third-order valence-corrected chi connectivity index (χ3v) is 6.20. The van der Waals surface area contributed by atoms with Crippen molar-refractivity contribution in [2.45, 2.75) is 38.6 Å². The number of aryl methyl sites for hydroxylation is 2. The van der Waals surface area contributed by atoms with Gasteiger partial charge < -0.3 is 15.4 Å². The quantitative estimate of drug-likeness (QED) is 0.700. The topological polar surface area (TPSA) is 64.3 Å². The van der Waals surface area contributed by atoms with Crippen molar-refractivity contribution in [2.24, 2.45) is 0 Å². The van der Waals surface area contributed by atoms with Gasteiger partial charge in [-0.05, 0) is 43.4 Å². The minimum absolute atomic E-state index is 0.586. The minimum Gasteiger partial charge on any atom is -0.495 e. The second kappa shape index (κ2) is 7.11. The third kappa shape index (κ3) is 3.09. The molecular weight excluding hydrogens is 344 g/mol. The third-order valence-electron chi connectivity index (χ3n) is 5.01. The van der Waals surface area contributed by atoms with E-state index in [1.54, 1.807) is 18.4 Å². The SMILES string of the molecule is COc1ccccc1N(C)Cc1nc(N)c2c3c(sc2n1)CCCCC3. The molecule has 2 aromatic heterocycles. The van der Waals surface area contributed by atoms with Crippen molar-refractivity contribution in [3.05, 3.63) is 40.5 Å². The molecule has 136 valence electrons. The number of nitrogens with zero attached hydrogens (tertiary/aromatic N) is 3. The number of hydrogen-bond acceptors (Lipinski definition) is 6. The lowest BCUT2D eigenvalue weighted by molar-refractivity contribution is 0.414. The molecule has 0 saturated carbocycles. The van der Waals surface area contributed by atoms with Gasteiger partial charge in [-0.15, -0.1) is 11.3 Å². The number of rotatable bonds is 4. The van der Waals surface area contributed by atoms with Gasteiger partial charge in [0.1, 0.15) is 16.4 Å². The van der Waals surface area contributed by atoms with Crippen LogP contribution in [0.5, 0.6) is 5.75 Å². The number of aromatic nitrogens is 2. The van der Waals surface area contributed by atoms with E-state index >= 15 is 0 Å². The summed E-state index contributed by atoms with van der Waals surface area (Å²) in [4.78, 5) is 14.0. The number of hydrogen-bond donors (Lipinski definition) is 1. The summed E-state index contributed by atoms with van der Waals surface area (Å²) < 4.78 is 5.46. The molecule has 0 saturated heterocycles. The molecule has 1 aromatic carbocycles. The second-order valence-electron chi connectivity index (χ2n) is 6.80. The van der Waals surface area contributed by atoms with Crippen LogP contribution in [0.15, 0.2) is 24.3 Å². The van der Waals surface area contributed by atoms with Crippen molar-refractivity contribution in [1.29, 1.82) is 0 Å². The van der Waals surface area contributed by atoms with Crippen LogP contribution < -0.4 is 15.4 Å². The molecule has 5 nitrogen and oxygen atoms in total. The first-order valence-corrected chi connectivity index (χ1v) is 9.90. The molecule has 2 heterocycles. The molecule has 0 spiro atoms. The summed E-state index contributed by atoms with van der Waals surface area (Å²) in [6.07, 6.45) is 6.04. The Hall–Kier alpha value is -2.34. The number of thiophene rings is 1. The van der Waals surface area contributed by atoms with E-state index in [1.165, 1.54) is 29.7 Å². The number of benzene rings is 1. The first-order valence-electron chi connectivity index (χ1n) is 9.08. The van der Waals surface area contributed by atoms with Crippen LogP contribution in [0.1, 0.15) is 35.5 Å². The highest BCUT2D eigenvalue weighted by Gasteiger charge is 2.20. The van der Waals surface area contributed by atoms with Crippen molar-refractivity contribution >= 4 is 33.1 Å².